The number of aromatic nitrogens is 2. The first-order chi connectivity index (χ1) is 12.1. The number of aliphatic hydroxyl groups is 1. The molecule has 0 amide bonds. The lowest BCUT2D eigenvalue weighted by Gasteiger charge is -2.11. The molecule has 0 aliphatic rings. The topological polar surface area (TPSA) is 38.0 Å². The second-order valence-electron chi connectivity index (χ2n) is 6.12. The molecule has 0 spiro atoms. The number of imidazole rings is 1. The minimum atomic E-state index is -0.276. The highest BCUT2D eigenvalue weighted by Gasteiger charge is 2.19. The Bertz CT molecular complexity index is 865. The smallest absolute Gasteiger partial charge is 0.145 e. The highest BCUT2D eigenvalue weighted by molar-refractivity contribution is 5.65. The lowest BCUT2D eigenvalue weighted by atomic mass is 10.1. The van der Waals surface area contributed by atoms with Gasteiger partial charge in [0, 0.05) is 11.3 Å². The van der Waals surface area contributed by atoms with E-state index in [1.54, 1.807) is 18.2 Å². The molecule has 0 atom stereocenters. The minimum absolute atomic E-state index is 0.0488. The van der Waals surface area contributed by atoms with E-state index in [2.05, 4.69) is 13.8 Å². The molecular weight excluding hydrogens is 315 g/mol. The van der Waals surface area contributed by atoms with Crippen LogP contribution in [0.25, 0.3) is 23.2 Å². The normalized spacial score (nSPS) is 11.6. The molecule has 3 aromatic rings. The second-order valence-corrected chi connectivity index (χ2v) is 6.12. The standard InChI is InChI=1S/C21H21FN2O/c1-15(2)20-19(9-6-14-25)24(18-12-10-17(22)11-13-18)21(23-20)16-7-4-3-5-8-16/h3-13,15,25H,14H2,1-2H3/b9-6+. The van der Waals surface area contributed by atoms with Crippen molar-refractivity contribution in [2.75, 3.05) is 6.61 Å². The number of aliphatic hydroxyl groups excluding tert-OH is 1. The summed E-state index contributed by atoms with van der Waals surface area (Å²) in [6.45, 7) is 4.12. The molecule has 4 heteroatoms. The molecule has 128 valence electrons. The predicted octanol–water partition coefficient (Wildman–Crippen LogP) is 4.81. The molecule has 0 bridgehead atoms. The van der Waals surface area contributed by atoms with E-state index in [4.69, 9.17) is 4.98 Å². The van der Waals surface area contributed by atoms with Crippen LogP contribution in [-0.4, -0.2) is 21.3 Å². The fourth-order valence-corrected chi connectivity index (χ4v) is 2.83. The molecule has 0 fully saturated rings. The summed E-state index contributed by atoms with van der Waals surface area (Å²) >= 11 is 0. The molecule has 25 heavy (non-hydrogen) atoms. The van der Waals surface area contributed by atoms with Crippen LogP contribution in [0.4, 0.5) is 4.39 Å². The van der Waals surface area contributed by atoms with Crippen LogP contribution in [0.1, 0.15) is 31.2 Å². The van der Waals surface area contributed by atoms with Crippen molar-refractivity contribution in [2.24, 2.45) is 0 Å². The molecule has 1 aromatic heterocycles. The minimum Gasteiger partial charge on any atom is -0.392 e. The Balaban J connectivity index is 2.30. The summed E-state index contributed by atoms with van der Waals surface area (Å²) in [5, 5.41) is 9.21. The van der Waals surface area contributed by atoms with Crippen molar-refractivity contribution in [1.29, 1.82) is 0 Å². The maximum atomic E-state index is 13.4. The van der Waals surface area contributed by atoms with Gasteiger partial charge in [-0.1, -0.05) is 50.3 Å². The van der Waals surface area contributed by atoms with Crippen LogP contribution in [-0.2, 0) is 0 Å². The van der Waals surface area contributed by atoms with Crippen molar-refractivity contribution in [3.63, 3.8) is 0 Å². The maximum absolute atomic E-state index is 13.4. The van der Waals surface area contributed by atoms with Gasteiger partial charge in [0.15, 0.2) is 0 Å². The Labute approximate surface area is 147 Å². The Hall–Kier alpha value is -2.72. The summed E-state index contributed by atoms with van der Waals surface area (Å²) in [6, 6.07) is 16.3. The van der Waals surface area contributed by atoms with E-state index in [1.807, 2.05) is 41.0 Å². The third kappa shape index (κ3) is 3.54. The van der Waals surface area contributed by atoms with Crippen molar-refractivity contribution in [3.8, 4) is 17.1 Å². The van der Waals surface area contributed by atoms with Gasteiger partial charge in [-0.25, -0.2) is 9.37 Å². The van der Waals surface area contributed by atoms with Crippen LogP contribution in [0.2, 0.25) is 0 Å². The maximum Gasteiger partial charge on any atom is 0.145 e. The van der Waals surface area contributed by atoms with E-state index in [0.29, 0.717) is 0 Å². The molecule has 0 saturated heterocycles. The third-order valence-electron chi connectivity index (χ3n) is 3.99. The van der Waals surface area contributed by atoms with Gasteiger partial charge in [0.25, 0.3) is 0 Å². The van der Waals surface area contributed by atoms with Gasteiger partial charge in [0.1, 0.15) is 11.6 Å². The third-order valence-corrected chi connectivity index (χ3v) is 3.99. The first-order valence-electron chi connectivity index (χ1n) is 8.33. The Morgan fingerprint density at radius 3 is 2.36 bits per heavy atom. The van der Waals surface area contributed by atoms with Crippen molar-refractivity contribution < 1.29 is 9.50 Å². The van der Waals surface area contributed by atoms with Crippen LogP contribution in [0, 0.1) is 5.82 Å². The highest BCUT2D eigenvalue weighted by Crippen LogP contribution is 2.31. The van der Waals surface area contributed by atoms with Gasteiger partial charge >= 0.3 is 0 Å². The Morgan fingerprint density at radius 2 is 1.76 bits per heavy atom. The lowest BCUT2D eigenvalue weighted by Crippen LogP contribution is -2.01. The summed E-state index contributed by atoms with van der Waals surface area (Å²) in [7, 11) is 0. The lowest BCUT2D eigenvalue weighted by molar-refractivity contribution is 0.343. The van der Waals surface area contributed by atoms with Crippen LogP contribution < -0.4 is 0 Å². The van der Waals surface area contributed by atoms with Gasteiger partial charge in [-0.05, 0) is 36.3 Å². The zero-order valence-corrected chi connectivity index (χ0v) is 14.4. The largest absolute Gasteiger partial charge is 0.392 e. The van der Waals surface area contributed by atoms with Gasteiger partial charge in [-0.2, -0.15) is 0 Å². The number of rotatable bonds is 5. The Kier molecular flexibility index (Phi) is 5.10. The van der Waals surface area contributed by atoms with Crippen LogP contribution in [0.15, 0.2) is 60.7 Å². The average molecular weight is 336 g/mol. The number of hydrogen-bond donors (Lipinski definition) is 1. The first kappa shape index (κ1) is 17.1. The number of benzene rings is 2. The molecular formula is C21H21FN2O. The molecule has 0 unspecified atom stereocenters. The number of nitrogens with zero attached hydrogens (tertiary/aromatic N) is 2. The molecule has 3 rings (SSSR count). The predicted molar refractivity (Wildman–Crippen MR) is 99.2 cm³/mol. The molecule has 0 radical (unpaired) electrons. The average Bonchev–Trinajstić information content (AvgIpc) is 3.01. The highest BCUT2D eigenvalue weighted by atomic mass is 19.1. The molecule has 1 heterocycles. The van der Waals surface area contributed by atoms with Crippen molar-refractivity contribution >= 4 is 6.08 Å². The first-order valence-corrected chi connectivity index (χ1v) is 8.33. The quantitative estimate of drug-likeness (QED) is 0.726. The fourth-order valence-electron chi connectivity index (χ4n) is 2.83. The van der Waals surface area contributed by atoms with Crippen molar-refractivity contribution in [3.05, 3.63) is 77.9 Å². The zero-order chi connectivity index (χ0) is 17.8. The molecule has 1 N–H and O–H groups in total. The monoisotopic (exact) mass is 336 g/mol. The molecule has 2 aromatic carbocycles. The summed E-state index contributed by atoms with van der Waals surface area (Å²) in [5.74, 6) is 0.734. The molecule has 0 saturated carbocycles. The van der Waals surface area contributed by atoms with Gasteiger partial charge in [-0.15, -0.1) is 0 Å². The summed E-state index contributed by atoms with van der Waals surface area (Å²) in [6.07, 6.45) is 3.57. The summed E-state index contributed by atoms with van der Waals surface area (Å²) in [4.78, 5) is 4.87. The van der Waals surface area contributed by atoms with E-state index in [-0.39, 0.29) is 18.3 Å². The van der Waals surface area contributed by atoms with Crippen molar-refractivity contribution in [1.82, 2.24) is 9.55 Å². The Morgan fingerprint density at radius 1 is 1.08 bits per heavy atom. The van der Waals surface area contributed by atoms with Gasteiger partial charge < -0.3 is 5.11 Å². The van der Waals surface area contributed by atoms with Gasteiger partial charge in [0.2, 0.25) is 0 Å². The zero-order valence-electron chi connectivity index (χ0n) is 14.4. The number of halogens is 1. The molecule has 0 aliphatic heterocycles. The van der Waals surface area contributed by atoms with Crippen LogP contribution >= 0.6 is 0 Å². The van der Waals surface area contributed by atoms with Gasteiger partial charge in [-0.3, -0.25) is 4.57 Å². The van der Waals surface area contributed by atoms with Gasteiger partial charge in [0.05, 0.1) is 18.0 Å². The summed E-state index contributed by atoms with van der Waals surface area (Å²) < 4.78 is 15.4. The molecule has 3 nitrogen and oxygen atoms in total. The summed E-state index contributed by atoms with van der Waals surface area (Å²) in [5.41, 5.74) is 3.65. The van der Waals surface area contributed by atoms with E-state index in [9.17, 15) is 9.50 Å². The second kappa shape index (κ2) is 7.45. The van der Waals surface area contributed by atoms with Crippen LogP contribution in [0.5, 0.6) is 0 Å². The van der Waals surface area contributed by atoms with E-state index in [1.165, 1.54) is 12.1 Å². The number of hydrogen-bond acceptors (Lipinski definition) is 2. The van der Waals surface area contributed by atoms with E-state index >= 15 is 0 Å². The SMILES string of the molecule is CC(C)c1nc(-c2ccccc2)n(-c2ccc(F)cc2)c1/C=C/CO. The van der Waals surface area contributed by atoms with Crippen LogP contribution in [0.3, 0.4) is 0 Å². The van der Waals surface area contributed by atoms with Crippen molar-refractivity contribution in [2.45, 2.75) is 19.8 Å². The van der Waals surface area contributed by atoms with E-state index in [0.717, 1.165) is 28.5 Å². The fraction of sp³-hybridized carbons (Fsp3) is 0.190. The molecule has 0 aliphatic carbocycles. The van der Waals surface area contributed by atoms with E-state index < -0.39 is 0 Å².